The Bertz CT molecular complexity index is 1160. The number of carbonyl (C=O) groups is 1. The van der Waals surface area contributed by atoms with Crippen molar-refractivity contribution in [3.63, 3.8) is 0 Å². The summed E-state index contributed by atoms with van der Waals surface area (Å²) in [5.41, 5.74) is 2.90. The summed E-state index contributed by atoms with van der Waals surface area (Å²) in [5, 5.41) is 7.39. The summed E-state index contributed by atoms with van der Waals surface area (Å²) in [4.78, 5) is 16.7. The molecule has 1 fully saturated rings. The first kappa shape index (κ1) is 21.0. The Morgan fingerprint density at radius 3 is 2.58 bits per heavy atom. The zero-order valence-corrected chi connectivity index (χ0v) is 18.0. The number of nitrogens with one attached hydrogen (secondary N) is 1. The minimum atomic E-state index is -3.10. The molecule has 3 heterocycles. The number of benzene rings is 1. The second-order valence-electron chi connectivity index (χ2n) is 7.51. The van der Waals surface area contributed by atoms with Gasteiger partial charge in [0, 0.05) is 24.5 Å². The summed E-state index contributed by atoms with van der Waals surface area (Å²) >= 11 is 0. The lowest BCUT2D eigenvalue weighted by Gasteiger charge is -2.13. The molecule has 1 atom stereocenters. The Balaban J connectivity index is 1.57. The molecular weight excluding hydrogens is 416 g/mol. The van der Waals surface area contributed by atoms with E-state index in [2.05, 4.69) is 15.4 Å². The molecule has 1 aliphatic heterocycles. The second-order valence-corrected chi connectivity index (χ2v) is 9.73. The Labute approximate surface area is 181 Å². The minimum absolute atomic E-state index is 0.0287. The van der Waals surface area contributed by atoms with Crippen molar-refractivity contribution in [3.8, 4) is 17.0 Å². The van der Waals surface area contributed by atoms with E-state index in [4.69, 9.17) is 4.74 Å². The third-order valence-corrected chi connectivity index (χ3v) is 7.11. The van der Waals surface area contributed by atoms with Gasteiger partial charge in [0.2, 0.25) is 0 Å². The topological polar surface area (TPSA) is 103 Å². The largest absolute Gasteiger partial charge is 0.497 e. The zero-order valence-electron chi connectivity index (χ0n) is 17.2. The SMILES string of the molecule is COc1ccc(-c2cc(C(=O)NCCc3ccncc3)nn2[C@@H]2CCS(=O)(=O)C2)cc1. The number of sulfone groups is 1. The molecule has 1 aliphatic rings. The molecule has 0 radical (unpaired) electrons. The normalized spacial score (nSPS) is 17.4. The number of nitrogens with zero attached hydrogens (tertiary/aromatic N) is 3. The molecule has 0 saturated carbocycles. The number of amides is 1. The minimum Gasteiger partial charge on any atom is -0.497 e. The fourth-order valence-electron chi connectivity index (χ4n) is 3.69. The van der Waals surface area contributed by atoms with Gasteiger partial charge < -0.3 is 10.1 Å². The molecule has 1 N–H and O–H groups in total. The first-order valence-electron chi connectivity index (χ1n) is 10.1. The van der Waals surface area contributed by atoms with Crippen LogP contribution < -0.4 is 10.1 Å². The van der Waals surface area contributed by atoms with E-state index in [1.165, 1.54) is 0 Å². The molecule has 2 aromatic heterocycles. The molecule has 0 unspecified atom stereocenters. The van der Waals surface area contributed by atoms with Crippen LogP contribution >= 0.6 is 0 Å². The molecule has 3 aromatic rings. The Hall–Kier alpha value is -3.20. The third-order valence-electron chi connectivity index (χ3n) is 5.36. The number of rotatable bonds is 7. The quantitative estimate of drug-likeness (QED) is 0.605. The molecule has 9 heteroatoms. The number of hydrogen-bond acceptors (Lipinski definition) is 6. The summed E-state index contributed by atoms with van der Waals surface area (Å²) in [6, 6.07) is 12.6. The fraction of sp³-hybridized carbons (Fsp3) is 0.318. The summed E-state index contributed by atoms with van der Waals surface area (Å²) in [6.45, 7) is 0.464. The molecule has 0 spiro atoms. The molecule has 0 aliphatic carbocycles. The van der Waals surface area contributed by atoms with E-state index in [0.29, 0.717) is 30.8 Å². The lowest BCUT2D eigenvalue weighted by Crippen LogP contribution is -2.26. The first-order valence-corrected chi connectivity index (χ1v) is 11.9. The highest BCUT2D eigenvalue weighted by atomic mass is 32.2. The van der Waals surface area contributed by atoms with Crippen molar-refractivity contribution in [2.24, 2.45) is 0 Å². The monoisotopic (exact) mass is 440 g/mol. The van der Waals surface area contributed by atoms with Crippen molar-refractivity contribution >= 4 is 15.7 Å². The first-order chi connectivity index (χ1) is 14.9. The van der Waals surface area contributed by atoms with Crippen LogP contribution in [0.4, 0.5) is 0 Å². The third kappa shape index (κ3) is 4.93. The Morgan fingerprint density at radius 2 is 1.94 bits per heavy atom. The molecular formula is C22H24N4O4S. The Morgan fingerprint density at radius 1 is 1.19 bits per heavy atom. The number of carbonyl (C=O) groups excluding carboxylic acids is 1. The van der Waals surface area contributed by atoms with E-state index in [9.17, 15) is 13.2 Å². The zero-order chi connectivity index (χ0) is 21.8. The molecule has 1 aromatic carbocycles. The molecule has 1 saturated heterocycles. The second kappa shape index (κ2) is 8.89. The van der Waals surface area contributed by atoms with E-state index >= 15 is 0 Å². The van der Waals surface area contributed by atoms with Crippen molar-refractivity contribution in [3.05, 3.63) is 66.1 Å². The number of hydrogen-bond donors (Lipinski definition) is 1. The number of pyridine rings is 1. The maximum Gasteiger partial charge on any atom is 0.271 e. The highest BCUT2D eigenvalue weighted by Crippen LogP contribution is 2.31. The van der Waals surface area contributed by atoms with Crippen molar-refractivity contribution < 1.29 is 17.9 Å². The van der Waals surface area contributed by atoms with Gasteiger partial charge in [0.05, 0.1) is 30.4 Å². The Kier molecular flexibility index (Phi) is 6.03. The number of aromatic nitrogens is 3. The van der Waals surface area contributed by atoms with Gasteiger partial charge in [-0.05, 0) is 60.9 Å². The van der Waals surface area contributed by atoms with Crippen LogP contribution in [0.3, 0.4) is 0 Å². The van der Waals surface area contributed by atoms with Gasteiger partial charge in [0.1, 0.15) is 5.75 Å². The molecule has 1 amide bonds. The van der Waals surface area contributed by atoms with Crippen molar-refractivity contribution in [2.45, 2.75) is 18.9 Å². The molecule has 4 rings (SSSR count). The van der Waals surface area contributed by atoms with Gasteiger partial charge >= 0.3 is 0 Å². The average Bonchev–Trinajstić information content (AvgIpc) is 3.38. The van der Waals surface area contributed by atoms with Crippen LogP contribution in [0.1, 0.15) is 28.5 Å². The van der Waals surface area contributed by atoms with Gasteiger partial charge in [-0.2, -0.15) is 5.10 Å². The molecule has 8 nitrogen and oxygen atoms in total. The van der Waals surface area contributed by atoms with Crippen molar-refractivity contribution in [2.75, 3.05) is 25.2 Å². The lowest BCUT2D eigenvalue weighted by molar-refractivity contribution is 0.0948. The van der Waals surface area contributed by atoms with Gasteiger partial charge in [-0.15, -0.1) is 0 Å². The summed E-state index contributed by atoms with van der Waals surface area (Å²) < 4.78 is 30.9. The van der Waals surface area contributed by atoms with E-state index < -0.39 is 9.84 Å². The summed E-state index contributed by atoms with van der Waals surface area (Å²) in [6.07, 6.45) is 4.60. The molecule has 0 bridgehead atoms. The van der Waals surface area contributed by atoms with E-state index in [0.717, 1.165) is 11.1 Å². The van der Waals surface area contributed by atoms with E-state index in [-0.39, 0.29) is 29.1 Å². The van der Waals surface area contributed by atoms with Crippen LogP contribution in [-0.4, -0.2) is 54.2 Å². The van der Waals surface area contributed by atoms with Crippen molar-refractivity contribution in [1.82, 2.24) is 20.1 Å². The van der Waals surface area contributed by atoms with Gasteiger partial charge in [-0.1, -0.05) is 0 Å². The van der Waals surface area contributed by atoms with Crippen LogP contribution in [0.15, 0.2) is 54.9 Å². The maximum absolute atomic E-state index is 12.7. The lowest BCUT2D eigenvalue weighted by atomic mass is 10.1. The summed E-state index contributed by atoms with van der Waals surface area (Å²) in [5.74, 6) is 0.587. The number of ether oxygens (including phenoxy) is 1. The van der Waals surface area contributed by atoms with E-state index in [1.807, 2.05) is 36.4 Å². The van der Waals surface area contributed by atoms with Crippen LogP contribution in [0.5, 0.6) is 5.75 Å². The van der Waals surface area contributed by atoms with Crippen LogP contribution in [-0.2, 0) is 16.3 Å². The smallest absolute Gasteiger partial charge is 0.271 e. The summed E-state index contributed by atoms with van der Waals surface area (Å²) in [7, 11) is -1.50. The van der Waals surface area contributed by atoms with Gasteiger partial charge in [-0.25, -0.2) is 8.42 Å². The highest BCUT2D eigenvalue weighted by molar-refractivity contribution is 7.91. The predicted molar refractivity (Wildman–Crippen MR) is 117 cm³/mol. The highest BCUT2D eigenvalue weighted by Gasteiger charge is 2.32. The van der Waals surface area contributed by atoms with Gasteiger partial charge in [0.25, 0.3) is 5.91 Å². The van der Waals surface area contributed by atoms with Gasteiger partial charge in [0.15, 0.2) is 15.5 Å². The van der Waals surface area contributed by atoms with Crippen molar-refractivity contribution in [1.29, 1.82) is 0 Å². The standard InChI is InChI=1S/C22H24N4O4S/c1-30-19-4-2-17(3-5-19)21-14-20(25-26(21)18-9-13-31(28,29)15-18)22(27)24-12-8-16-6-10-23-11-7-16/h2-7,10-11,14,18H,8-9,12-13,15H2,1H3,(H,24,27)/t18-/m1/s1. The predicted octanol–water partition coefficient (Wildman–Crippen LogP) is 2.29. The van der Waals surface area contributed by atoms with Gasteiger partial charge in [-0.3, -0.25) is 14.5 Å². The average molecular weight is 441 g/mol. The fourth-order valence-corrected chi connectivity index (χ4v) is 5.38. The van der Waals surface area contributed by atoms with Crippen LogP contribution in [0.2, 0.25) is 0 Å². The van der Waals surface area contributed by atoms with E-state index in [1.54, 1.807) is 30.3 Å². The maximum atomic E-state index is 12.7. The van der Waals surface area contributed by atoms with Crippen LogP contribution in [0, 0.1) is 0 Å². The van der Waals surface area contributed by atoms with Crippen LogP contribution in [0.25, 0.3) is 11.3 Å². The number of methoxy groups -OCH3 is 1. The molecule has 162 valence electrons. The molecule has 31 heavy (non-hydrogen) atoms.